The van der Waals surface area contributed by atoms with Gasteiger partial charge in [0, 0.05) is 23.7 Å². The Kier molecular flexibility index (Phi) is 5.82. The van der Waals surface area contributed by atoms with Gasteiger partial charge in [-0.05, 0) is 19.4 Å². The number of carbonyl (C=O) groups excluding carboxylic acids is 1. The molecular weight excluding hydrogens is 386 g/mol. The summed E-state index contributed by atoms with van der Waals surface area (Å²) in [5, 5.41) is 4.02. The Hall–Kier alpha value is -2.84. The van der Waals surface area contributed by atoms with E-state index in [9.17, 15) is 4.79 Å². The SMILES string of the molecule is Cc1nc(Nc2ncc(C)s2)cc(C2CN(C(=O)Cc3ccccc3)CCO2)n1. The van der Waals surface area contributed by atoms with Crippen LogP contribution in [0.3, 0.4) is 0 Å². The Labute approximate surface area is 173 Å². The van der Waals surface area contributed by atoms with Gasteiger partial charge in [-0.25, -0.2) is 15.0 Å². The van der Waals surface area contributed by atoms with Crippen molar-refractivity contribution in [2.24, 2.45) is 0 Å². The molecule has 1 unspecified atom stereocenters. The number of aromatic nitrogens is 3. The fourth-order valence-electron chi connectivity index (χ4n) is 3.28. The van der Waals surface area contributed by atoms with Crippen molar-refractivity contribution < 1.29 is 9.53 Å². The molecule has 0 radical (unpaired) electrons. The van der Waals surface area contributed by atoms with Crippen LogP contribution in [0.4, 0.5) is 10.9 Å². The van der Waals surface area contributed by atoms with Gasteiger partial charge < -0.3 is 15.0 Å². The minimum atomic E-state index is -0.274. The van der Waals surface area contributed by atoms with Gasteiger partial charge in [-0.3, -0.25) is 4.79 Å². The van der Waals surface area contributed by atoms with Gasteiger partial charge in [0.05, 0.1) is 25.3 Å². The zero-order chi connectivity index (χ0) is 20.2. The molecule has 0 bridgehead atoms. The second kappa shape index (κ2) is 8.67. The number of nitrogens with one attached hydrogen (secondary N) is 1. The molecule has 150 valence electrons. The number of amides is 1. The maximum Gasteiger partial charge on any atom is 0.227 e. The van der Waals surface area contributed by atoms with Crippen molar-refractivity contribution in [1.29, 1.82) is 0 Å². The van der Waals surface area contributed by atoms with Crippen LogP contribution < -0.4 is 5.32 Å². The highest BCUT2D eigenvalue weighted by molar-refractivity contribution is 7.15. The molecule has 1 aliphatic heterocycles. The van der Waals surface area contributed by atoms with E-state index in [1.807, 2.05) is 61.3 Å². The van der Waals surface area contributed by atoms with Crippen LogP contribution in [0.2, 0.25) is 0 Å². The van der Waals surface area contributed by atoms with Crippen LogP contribution >= 0.6 is 11.3 Å². The molecule has 1 amide bonds. The zero-order valence-corrected chi connectivity index (χ0v) is 17.3. The maximum atomic E-state index is 12.7. The number of rotatable bonds is 5. The normalized spacial score (nSPS) is 16.6. The van der Waals surface area contributed by atoms with E-state index in [0.717, 1.165) is 21.3 Å². The molecule has 1 aromatic carbocycles. The van der Waals surface area contributed by atoms with Crippen molar-refractivity contribution in [3.8, 4) is 0 Å². The predicted octanol–water partition coefficient (Wildman–Crippen LogP) is 3.44. The summed E-state index contributed by atoms with van der Waals surface area (Å²) in [7, 11) is 0. The number of carbonyl (C=O) groups is 1. The molecule has 0 saturated carbocycles. The lowest BCUT2D eigenvalue weighted by Gasteiger charge is -2.33. The standard InChI is InChI=1S/C21H23N5O2S/c1-14-12-22-21(29-14)25-19-11-17(23-15(2)24-19)18-13-26(8-9-28-18)20(27)10-16-6-4-3-5-7-16/h3-7,11-12,18H,8-10,13H2,1-2H3,(H,22,23,24,25). The van der Waals surface area contributed by atoms with E-state index in [1.54, 1.807) is 11.3 Å². The van der Waals surface area contributed by atoms with E-state index in [-0.39, 0.29) is 12.0 Å². The Morgan fingerprint density at radius 3 is 2.86 bits per heavy atom. The third-order valence-electron chi connectivity index (χ3n) is 4.66. The van der Waals surface area contributed by atoms with Gasteiger partial charge in [0.1, 0.15) is 17.7 Å². The third-order valence-corrected chi connectivity index (χ3v) is 5.49. The maximum absolute atomic E-state index is 12.7. The first-order valence-electron chi connectivity index (χ1n) is 9.55. The summed E-state index contributed by atoms with van der Waals surface area (Å²) >= 11 is 1.57. The van der Waals surface area contributed by atoms with Crippen molar-refractivity contribution in [2.75, 3.05) is 25.0 Å². The molecule has 2 aromatic heterocycles. The van der Waals surface area contributed by atoms with Crippen molar-refractivity contribution in [3.05, 3.63) is 64.6 Å². The largest absolute Gasteiger partial charge is 0.368 e. The molecule has 7 nitrogen and oxygen atoms in total. The predicted molar refractivity (Wildman–Crippen MR) is 112 cm³/mol. The molecule has 3 aromatic rings. The van der Waals surface area contributed by atoms with Gasteiger partial charge in [0.15, 0.2) is 5.13 Å². The summed E-state index contributed by atoms with van der Waals surface area (Å²) in [6.07, 6.45) is 1.94. The molecule has 1 atom stereocenters. The average Bonchev–Trinajstić information content (AvgIpc) is 3.13. The van der Waals surface area contributed by atoms with Crippen LogP contribution in [0.5, 0.6) is 0 Å². The average molecular weight is 410 g/mol. The summed E-state index contributed by atoms with van der Waals surface area (Å²) in [6, 6.07) is 11.7. The molecule has 0 spiro atoms. The van der Waals surface area contributed by atoms with E-state index in [0.29, 0.717) is 37.8 Å². The van der Waals surface area contributed by atoms with E-state index in [1.165, 1.54) is 0 Å². The number of anilines is 2. The van der Waals surface area contributed by atoms with Crippen LogP contribution in [-0.4, -0.2) is 45.5 Å². The molecule has 0 aliphatic carbocycles. The van der Waals surface area contributed by atoms with Gasteiger partial charge >= 0.3 is 0 Å². The summed E-state index contributed by atoms with van der Waals surface area (Å²) in [4.78, 5) is 29.0. The van der Waals surface area contributed by atoms with E-state index in [2.05, 4.69) is 20.3 Å². The number of benzene rings is 1. The lowest BCUT2D eigenvalue weighted by molar-refractivity contribution is -0.138. The zero-order valence-electron chi connectivity index (χ0n) is 16.5. The minimum absolute atomic E-state index is 0.104. The van der Waals surface area contributed by atoms with Gasteiger partial charge in [-0.15, -0.1) is 11.3 Å². The quantitative estimate of drug-likeness (QED) is 0.695. The molecule has 1 saturated heterocycles. The minimum Gasteiger partial charge on any atom is -0.368 e. The molecule has 1 N–H and O–H groups in total. The molecule has 3 heterocycles. The smallest absolute Gasteiger partial charge is 0.227 e. The van der Waals surface area contributed by atoms with Crippen LogP contribution in [0.1, 0.15) is 28.1 Å². The second-order valence-corrected chi connectivity index (χ2v) is 8.22. The lowest BCUT2D eigenvalue weighted by atomic mass is 10.1. The molecule has 1 aliphatic rings. The first-order chi connectivity index (χ1) is 14.1. The number of thiazole rings is 1. The van der Waals surface area contributed by atoms with E-state index >= 15 is 0 Å². The van der Waals surface area contributed by atoms with Gasteiger partial charge in [-0.1, -0.05) is 30.3 Å². The van der Waals surface area contributed by atoms with Crippen molar-refractivity contribution in [1.82, 2.24) is 19.9 Å². The molecular formula is C21H23N5O2S. The van der Waals surface area contributed by atoms with Crippen LogP contribution in [0.15, 0.2) is 42.6 Å². The number of nitrogens with zero attached hydrogens (tertiary/aromatic N) is 4. The van der Waals surface area contributed by atoms with Crippen LogP contribution in [0.25, 0.3) is 0 Å². The summed E-state index contributed by atoms with van der Waals surface area (Å²) in [6.45, 7) is 5.43. The van der Waals surface area contributed by atoms with Gasteiger partial charge in [0.2, 0.25) is 5.91 Å². The Bertz CT molecular complexity index is 992. The molecule has 1 fully saturated rings. The van der Waals surface area contributed by atoms with Crippen molar-refractivity contribution in [2.45, 2.75) is 26.4 Å². The summed E-state index contributed by atoms with van der Waals surface area (Å²) in [5.41, 5.74) is 1.79. The number of hydrogen-bond acceptors (Lipinski definition) is 7. The first kappa shape index (κ1) is 19.5. The highest BCUT2D eigenvalue weighted by Gasteiger charge is 2.27. The fourth-order valence-corrected chi connectivity index (χ4v) is 3.95. The molecule has 29 heavy (non-hydrogen) atoms. The van der Waals surface area contributed by atoms with E-state index in [4.69, 9.17) is 4.74 Å². The lowest BCUT2D eigenvalue weighted by Crippen LogP contribution is -2.43. The van der Waals surface area contributed by atoms with Crippen molar-refractivity contribution >= 4 is 28.2 Å². The Morgan fingerprint density at radius 1 is 1.28 bits per heavy atom. The van der Waals surface area contributed by atoms with Crippen LogP contribution in [-0.2, 0) is 16.0 Å². The van der Waals surface area contributed by atoms with Crippen LogP contribution in [0, 0.1) is 13.8 Å². The van der Waals surface area contributed by atoms with Gasteiger partial charge in [0.25, 0.3) is 0 Å². The Morgan fingerprint density at radius 2 is 2.10 bits per heavy atom. The molecule has 8 heteroatoms. The first-order valence-corrected chi connectivity index (χ1v) is 10.4. The fraction of sp³-hybridized carbons (Fsp3) is 0.333. The number of ether oxygens (including phenoxy) is 1. The van der Waals surface area contributed by atoms with Gasteiger partial charge in [-0.2, -0.15) is 0 Å². The monoisotopic (exact) mass is 409 g/mol. The highest BCUT2D eigenvalue weighted by atomic mass is 32.1. The number of morpholine rings is 1. The summed E-state index contributed by atoms with van der Waals surface area (Å²) < 4.78 is 5.93. The molecule has 4 rings (SSSR count). The van der Waals surface area contributed by atoms with Crippen molar-refractivity contribution in [3.63, 3.8) is 0 Å². The second-order valence-electron chi connectivity index (χ2n) is 6.99. The number of aryl methyl sites for hydroxylation is 2. The van der Waals surface area contributed by atoms with E-state index < -0.39 is 0 Å². The Balaban J connectivity index is 1.46. The third kappa shape index (κ3) is 4.96. The number of hydrogen-bond donors (Lipinski definition) is 1. The highest BCUT2D eigenvalue weighted by Crippen LogP contribution is 2.26. The summed E-state index contributed by atoms with van der Waals surface area (Å²) in [5.74, 6) is 1.43. The topological polar surface area (TPSA) is 80.2 Å².